The molecule has 1 saturated heterocycles. The van der Waals surface area contributed by atoms with Crippen LogP contribution in [0.25, 0.3) is 5.69 Å². The molecule has 0 aliphatic carbocycles. The lowest BCUT2D eigenvalue weighted by Crippen LogP contribution is -2.44. The molecule has 1 aromatic heterocycles. The van der Waals surface area contributed by atoms with Gasteiger partial charge in [-0.3, -0.25) is 9.59 Å². The molecule has 7 nitrogen and oxygen atoms in total. The highest BCUT2D eigenvalue weighted by atomic mass is 19.1. The molecule has 1 fully saturated rings. The van der Waals surface area contributed by atoms with Gasteiger partial charge in [0, 0.05) is 18.8 Å². The number of amides is 2. The van der Waals surface area contributed by atoms with Crippen LogP contribution in [0.2, 0.25) is 0 Å². The maximum Gasteiger partial charge on any atom is 0.313 e. The van der Waals surface area contributed by atoms with Crippen molar-refractivity contribution in [1.82, 2.24) is 19.7 Å². The first-order chi connectivity index (χ1) is 11.5. The van der Waals surface area contributed by atoms with Crippen molar-refractivity contribution in [3.63, 3.8) is 0 Å². The Kier molecular flexibility index (Phi) is 4.54. The molecule has 24 heavy (non-hydrogen) atoms. The fraction of sp³-hybridized carbons (Fsp3) is 0.375. The van der Waals surface area contributed by atoms with Gasteiger partial charge < -0.3 is 10.2 Å². The van der Waals surface area contributed by atoms with E-state index in [0.29, 0.717) is 19.0 Å². The molecule has 2 amide bonds. The molecule has 1 aliphatic rings. The Bertz CT molecular complexity index is 747. The monoisotopic (exact) mass is 331 g/mol. The van der Waals surface area contributed by atoms with Crippen LogP contribution in [0.1, 0.15) is 19.8 Å². The predicted octanol–water partition coefficient (Wildman–Crippen LogP) is 1.60. The van der Waals surface area contributed by atoms with Gasteiger partial charge in [0.2, 0.25) is 0 Å². The Morgan fingerprint density at radius 1 is 1.38 bits per heavy atom. The molecule has 1 aromatic carbocycles. The van der Waals surface area contributed by atoms with E-state index in [1.807, 2.05) is 0 Å². The molecule has 8 heteroatoms. The Labute approximate surface area is 138 Å². The van der Waals surface area contributed by atoms with E-state index in [-0.39, 0.29) is 11.4 Å². The highest BCUT2D eigenvalue weighted by Crippen LogP contribution is 2.19. The molecule has 0 radical (unpaired) electrons. The van der Waals surface area contributed by atoms with Gasteiger partial charge in [0.05, 0.1) is 0 Å². The van der Waals surface area contributed by atoms with Gasteiger partial charge in [-0.05, 0) is 37.0 Å². The average Bonchev–Trinajstić information content (AvgIpc) is 3.08. The van der Waals surface area contributed by atoms with Crippen molar-refractivity contribution in [3.8, 4) is 5.69 Å². The van der Waals surface area contributed by atoms with Crippen molar-refractivity contribution in [1.29, 1.82) is 0 Å². The molecular weight excluding hydrogens is 313 g/mol. The topological polar surface area (TPSA) is 80.1 Å². The van der Waals surface area contributed by atoms with E-state index < -0.39 is 17.6 Å². The van der Waals surface area contributed by atoms with Crippen LogP contribution < -0.4 is 5.32 Å². The first kappa shape index (κ1) is 16.1. The van der Waals surface area contributed by atoms with Crippen LogP contribution in [0.3, 0.4) is 0 Å². The Morgan fingerprint density at radius 3 is 2.88 bits per heavy atom. The van der Waals surface area contributed by atoms with Crippen molar-refractivity contribution in [2.75, 3.05) is 18.4 Å². The van der Waals surface area contributed by atoms with E-state index in [9.17, 15) is 14.0 Å². The summed E-state index contributed by atoms with van der Waals surface area (Å²) in [7, 11) is 0. The highest BCUT2D eigenvalue weighted by molar-refractivity contribution is 6.39. The van der Waals surface area contributed by atoms with Crippen LogP contribution in [-0.2, 0) is 9.59 Å². The minimum Gasteiger partial charge on any atom is -0.334 e. The Balaban J connectivity index is 1.68. The summed E-state index contributed by atoms with van der Waals surface area (Å²) in [5.41, 5.74) is 0.432. The van der Waals surface area contributed by atoms with Crippen LogP contribution in [0, 0.1) is 11.7 Å². The number of aromatic nitrogens is 3. The fourth-order valence-electron chi connectivity index (χ4n) is 2.81. The van der Waals surface area contributed by atoms with Crippen LogP contribution in [0.5, 0.6) is 0 Å². The van der Waals surface area contributed by atoms with E-state index in [4.69, 9.17) is 0 Å². The zero-order valence-electron chi connectivity index (χ0n) is 13.3. The molecule has 2 heterocycles. The number of halogens is 1. The van der Waals surface area contributed by atoms with E-state index in [1.54, 1.807) is 4.90 Å². The Morgan fingerprint density at radius 2 is 2.21 bits per heavy atom. The zero-order chi connectivity index (χ0) is 17.1. The van der Waals surface area contributed by atoms with Gasteiger partial charge in [-0.15, -0.1) is 0 Å². The van der Waals surface area contributed by atoms with Crippen molar-refractivity contribution < 1.29 is 14.0 Å². The van der Waals surface area contributed by atoms with E-state index in [0.717, 1.165) is 18.9 Å². The van der Waals surface area contributed by atoms with Crippen molar-refractivity contribution in [2.45, 2.75) is 19.8 Å². The van der Waals surface area contributed by atoms with Gasteiger partial charge >= 0.3 is 11.8 Å². The minimum atomic E-state index is -0.753. The largest absolute Gasteiger partial charge is 0.334 e. The van der Waals surface area contributed by atoms with Gasteiger partial charge in [0.15, 0.2) is 5.82 Å². The number of hydrogen-bond acceptors (Lipinski definition) is 4. The molecule has 0 bridgehead atoms. The molecule has 0 saturated carbocycles. The number of rotatable bonds is 2. The third kappa shape index (κ3) is 3.42. The van der Waals surface area contributed by atoms with E-state index >= 15 is 0 Å². The molecule has 1 unspecified atom stereocenters. The summed E-state index contributed by atoms with van der Waals surface area (Å²) in [6, 6.07) is 4.14. The standard InChI is InChI=1S/C16H18FN5O2/c1-11-3-2-6-21(8-11)16(24)15(23)20-12-4-5-14(13(17)7-12)22-10-18-9-19-22/h4-5,7,9-11H,2-3,6,8H2,1H3,(H,20,23). The zero-order valence-corrected chi connectivity index (χ0v) is 13.3. The molecule has 3 rings (SSSR count). The number of anilines is 1. The number of likely N-dealkylation sites (tertiary alicyclic amines) is 1. The summed E-state index contributed by atoms with van der Waals surface area (Å²) < 4.78 is 15.4. The summed E-state index contributed by atoms with van der Waals surface area (Å²) in [5.74, 6) is -1.52. The van der Waals surface area contributed by atoms with Crippen molar-refractivity contribution in [3.05, 3.63) is 36.7 Å². The molecule has 1 N–H and O–H groups in total. The lowest BCUT2D eigenvalue weighted by molar-refractivity contribution is -0.144. The number of nitrogens with one attached hydrogen (secondary N) is 1. The lowest BCUT2D eigenvalue weighted by atomic mass is 10.0. The number of carbonyl (C=O) groups excluding carboxylic acids is 2. The number of benzene rings is 1. The quantitative estimate of drug-likeness (QED) is 0.848. The summed E-state index contributed by atoms with van der Waals surface area (Å²) >= 11 is 0. The second-order valence-electron chi connectivity index (χ2n) is 5.96. The average molecular weight is 331 g/mol. The smallest absolute Gasteiger partial charge is 0.313 e. The Hall–Kier alpha value is -2.77. The van der Waals surface area contributed by atoms with E-state index in [1.165, 1.54) is 29.5 Å². The predicted molar refractivity (Wildman–Crippen MR) is 84.9 cm³/mol. The summed E-state index contributed by atoms with van der Waals surface area (Å²) in [6.07, 6.45) is 4.62. The normalized spacial score (nSPS) is 17.6. The molecule has 2 aromatic rings. The summed E-state index contributed by atoms with van der Waals surface area (Å²) in [4.78, 5) is 29.6. The summed E-state index contributed by atoms with van der Waals surface area (Å²) in [5, 5.41) is 6.30. The van der Waals surface area contributed by atoms with Crippen LogP contribution in [-0.4, -0.2) is 44.6 Å². The number of nitrogens with zero attached hydrogens (tertiary/aromatic N) is 4. The molecule has 1 atom stereocenters. The molecule has 1 aliphatic heterocycles. The maximum absolute atomic E-state index is 14.1. The van der Waals surface area contributed by atoms with Crippen molar-refractivity contribution >= 4 is 17.5 Å². The van der Waals surface area contributed by atoms with Crippen molar-refractivity contribution in [2.24, 2.45) is 5.92 Å². The first-order valence-electron chi connectivity index (χ1n) is 7.79. The second kappa shape index (κ2) is 6.77. The van der Waals surface area contributed by atoms with Crippen LogP contribution in [0.4, 0.5) is 10.1 Å². The maximum atomic E-state index is 14.1. The number of hydrogen-bond donors (Lipinski definition) is 1. The first-order valence-corrected chi connectivity index (χ1v) is 7.79. The van der Waals surface area contributed by atoms with Gasteiger partial charge in [-0.1, -0.05) is 6.92 Å². The van der Waals surface area contributed by atoms with Gasteiger partial charge in [0.25, 0.3) is 0 Å². The third-order valence-corrected chi connectivity index (χ3v) is 4.01. The number of piperidine rings is 1. The van der Waals surface area contributed by atoms with E-state index in [2.05, 4.69) is 22.3 Å². The summed E-state index contributed by atoms with van der Waals surface area (Å²) in [6.45, 7) is 3.21. The molecule has 0 spiro atoms. The highest BCUT2D eigenvalue weighted by Gasteiger charge is 2.26. The number of carbonyl (C=O) groups is 2. The minimum absolute atomic E-state index is 0.210. The fourth-order valence-corrected chi connectivity index (χ4v) is 2.81. The second-order valence-corrected chi connectivity index (χ2v) is 5.96. The lowest BCUT2D eigenvalue weighted by Gasteiger charge is -2.30. The van der Waals surface area contributed by atoms with Gasteiger partial charge in [-0.2, -0.15) is 5.10 Å². The third-order valence-electron chi connectivity index (χ3n) is 4.01. The van der Waals surface area contributed by atoms with Gasteiger partial charge in [-0.25, -0.2) is 14.1 Å². The molecular formula is C16H18FN5O2. The molecule has 126 valence electrons. The van der Waals surface area contributed by atoms with Gasteiger partial charge in [0.1, 0.15) is 18.3 Å². The van der Waals surface area contributed by atoms with Crippen LogP contribution >= 0.6 is 0 Å². The SMILES string of the molecule is CC1CCCN(C(=O)C(=O)Nc2ccc(-n3cncn3)c(F)c2)C1. The van der Waals surface area contributed by atoms with Crippen LogP contribution in [0.15, 0.2) is 30.9 Å².